The molecule has 0 saturated carbocycles. The van der Waals surface area contributed by atoms with Crippen LogP contribution in [0.1, 0.15) is 28.9 Å². The first kappa shape index (κ1) is 21.6. The number of nitrogens with one attached hydrogen (secondary N) is 2. The molecule has 0 aromatic heterocycles. The zero-order chi connectivity index (χ0) is 22.7. The molecule has 0 radical (unpaired) electrons. The van der Waals surface area contributed by atoms with E-state index in [1.807, 2.05) is 19.1 Å². The van der Waals surface area contributed by atoms with Crippen LogP contribution in [0.25, 0.3) is 0 Å². The van der Waals surface area contributed by atoms with Gasteiger partial charge in [0.25, 0.3) is 15.9 Å². The van der Waals surface area contributed by atoms with Crippen molar-refractivity contribution < 1.29 is 27.1 Å². The van der Waals surface area contributed by atoms with Gasteiger partial charge in [-0.05, 0) is 73.2 Å². The van der Waals surface area contributed by atoms with Gasteiger partial charge < -0.3 is 14.8 Å². The van der Waals surface area contributed by atoms with Gasteiger partial charge in [0.05, 0.1) is 10.9 Å². The van der Waals surface area contributed by atoms with Gasteiger partial charge in [-0.1, -0.05) is 6.07 Å². The molecule has 0 bridgehead atoms. The van der Waals surface area contributed by atoms with E-state index in [4.69, 9.17) is 9.47 Å². The van der Waals surface area contributed by atoms with Gasteiger partial charge in [0, 0.05) is 11.3 Å². The van der Waals surface area contributed by atoms with Crippen molar-refractivity contribution in [2.75, 3.05) is 17.9 Å². The van der Waals surface area contributed by atoms with Gasteiger partial charge in [-0.2, -0.15) is 0 Å². The standard InChI is InChI=1S/C23H21FN2O5S/c1-15(17-4-11-21-22(14-17)31-13-12-30-21)25-23(27)16-2-9-20(10-3-16)32(28,29)26-19-7-5-18(24)6-8-19/h2-11,14-15,26H,12-13H2,1H3,(H,25,27). The van der Waals surface area contributed by atoms with E-state index in [0.29, 0.717) is 30.3 Å². The minimum atomic E-state index is -3.87. The Bertz CT molecular complexity index is 1230. The number of rotatable bonds is 6. The second-order valence-corrected chi connectivity index (χ2v) is 8.92. The quantitative estimate of drug-likeness (QED) is 0.587. The van der Waals surface area contributed by atoms with Crippen LogP contribution in [0.4, 0.5) is 10.1 Å². The molecule has 3 aromatic rings. The highest BCUT2D eigenvalue weighted by Gasteiger charge is 2.18. The van der Waals surface area contributed by atoms with Gasteiger partial charge in [0.2, 0.25) is 0 Å². The van der Waals surface area contributed by atoms with Gasteiger partial charge in [-0.3, -0.25) is 9.52 Å². The highest BCUT2D eigenvalue weighted by atomic mass is 32.2. The summed E-state index contributed by atoms with van der Waals surface area (Å²) in [5, 5.41) is 2.89. The molecular formula is C23H21FN2O5S. The molecule has 1 heterocycles. The number of amides is 1. The number of halogens is 1. The number of hydrogen-bond acceptors (Lipinski definition) is 5. The molecule has 3 aromatic carbocycles. The Kier molecular flexibility index (Phi) is 6.00. The van der Waals surface area contributed by atoms with Crippen molar-refractivity contribution >= 4 is 21.6 Å². The lowest BCUT2D eigenvalue weighted by atomic mass is 10.1. The van der Waals surface area contributed by atoms with E-state index in [1.54, 1.807) is 6.07 Å². The minimum absolute atomic E-state index is 0.0155. The fourth-order valence-corrected chi connectivity index (χ4v) is 4.27. The summed E-state index contributed by atoms with van der Waals surface area (Å²) in [6.45, 7) is 2.82. The fourth-order valence-electron chi connectivity index (χ4n) is 3.21. The van der Waals surface area contributed by atoms with Gasteiger partial charge in [-0.25, -0.2) is 12.8 Å². The summed E-state index contributed by atoms with van der Waals surface area (Å²) < 4.78 is 51.5. The normalized spacial score (nSPS) is 13.8. The number of benzene rings is 3. The molecule has 1 amide bonds. The lowest BCUT2D eigenvalue weighted by Crippen LogP contribution is -2.27. The maximum atomic E-state index is 13.0. The molecule has 0 aliphatic carbocycles. The van der Waals surface area contributed by atoms with E-state index < -0.39 is 15.8 Å². The van der Waals surface area contributed by atoms with E-state index in [2.05, 4.69) is 10.0 Å². The third-order valence-corrected chi connectivity index (χ3v) is 6.33. The molecule has 1 aliphatic rings. The number of fused-ring (bicyclic) bond motifs is 1. The molecule has 1 atom stereocenters. The average molecular weight is 456 g/mol. The molecule has 9 heteroatoms. The van der Waals surface area contributed by atoms with Crippen LogP contribution in [0, 0.1) is 5.82 Å². The van der Waals surface area contributed by atoms with Crippen LogP contribution in [-0.2, 0) is 10.0 Å². The fraction of sp³-hybridized carbons (Fsp3) is 0.174. The first-order chi connectivity index (χ1) is 15.3. The van der Waals surface area contributed by atoms with Gasteiger partial charge in [0.15, 0.2) is 11.5 Å². The van der Waals surface area contributed by atoms with E-state index in [1.165, 1.54) is 36.4 Å². The Balaban J connectivity index is 1.43. The predicted molar refractivity (Wildman–Crippen MR) is 117 cm³/mol. The Morgan fingerprint density at radius 2 is 1.59 bits per heavy atom. The molecule has 32 heavy (non-hydrogen) atoms. The van der Waals surface area contributed by atoms with E-state index >= 15 is 0 Å². The molecule has 0 saturated heterocycles. The lowest BCUT2D eigenvalue weighted by molar-refractivity contribution is 0.0939. The van der Waals surface area contributed by atoms with Crippen LogP contribution in [-0.4, -0.2) is 27.5 Å². The zero-order valence-electron chi connectivity index (χ0n) is 17.2. The van der Waals surface area contributed by atoms with Crippen molar-refractivity contribution in [1.82, 2.24) is 5.32 Å². The van der Waals surface area contributed by atoms with Crippen LogP contribution in [0.3, 0.4) is 0 Å². The highest BCUT2D eigenvalue weighted by Crippen LogP contribution is 2.32. The average Bonchev–Trinajstić information content (AvgIpc) is 2.80. The van der Waals surface area contributed by atoms with Crippen LogP contribution < -0.4 is 19.5 Å². The number of anilines is 1. The van der Waals surface area contributed by atoms with Crippen LogP contribution in [0.5, 0.6) is 11.5 Å². The van der Waals surface area contributed by atoms with Gasteiger partial charge >= 0.3 is 0 Å². The number of hydrogen-bond donors (Lipinski definition) is 2. The third kappa shape index (κ3) is 4.83. The van der Waals surface area contributed by atoms with E-state index in [0.717, 1.165) is 17.7 Å². The van der Waals surface area contributed by atoms with E-state index in [9.17, 15) is 17.6 Å². The first-order valence-corrected chi connectivity index (χ1v) is 11.4. The number of ether oxygens (including phenoxy) is 2. The summed E-state index contributed by atoms with van der Waals surface area (Å²) in [6, 6.07) is 15.7. The molecule has 1 aliphatic heterocycles. The van der Waals surface area contributed by atoms with Crippen molar-refractivity contribution in [1.29, 1.82) is 0 Å². The summed E-state index contributed by atoms with van der Waals surface area (Å²) >= 11 is 0. The second-order valence-electron chi connectivity index (χ2n) is 7.24. The smallest absolute Gasteiger partial charge is 0.261 e. The van der Waals surface area contributed by atoms with Gasteiger partial charge in [0.1, 0.15) is 19.0 Å². The molecule has 7 nitrogen and oxygen atoms in total. The van der Waals surface area contributed by atoms with Crippen molar-refractivity contribution in [2.24, 2.45) is 0 Å². The molecule has 166 valence electrons. The maximum Gasteiger partial charge on any atom is 0.261 e. The highest BCUT2D eigenvalue weighted by molar-refractivity contribution is 7.92. The van der Waals surface area contributed by atoms with E-state index in [-0.39, 0.29) is 22.5 Å². The van der Waals surface area contributed by atoms with Crippen molar-refractivity contribution in [3.63, 3.8) is 0 Å². The zero-order valence-corrected chi connectivity index (χ0v) is 18.0. The number of carbonyl (C=O) groups excluding carboxylic acids is 1. The molecule has 4 rings (SSSR count). The summed E-state index contributed by atoms with van der Waals surface area (Å²) in [5.41, 5.74) is 1.40. The Morgan fingerprint density at radius 1 is 0.938 bits per heavy atom. The summed E-state index contributed by atoms with van der Waals surface area (Å²) in [6.07, 6.45) is 0. The van der Waals surface area contributed by atoms with Crippen molar-refractivity contribution in [2.45, 2.75) is 17.9 Å². The molecule has 2 N–H and O–H groups in total. The summed E-state index contributed by atoms with van der Waals surface area (Å²) in [4.78, 5) is 12.6. The largest absolute Gasteiger partial charge is 0.486 e. The summed E-state index contributed by atoms with van der Waals surface area (Å²) in [5.74, 6) is 0.499. The molecule has 0 fully saturated rings. The van der Waals surface area contributed by atoms with Crippen LogP contribution >= 0.6 is 0 Å². The monoisotopic (exact) mass is 456 g/mol. The van der Waals surface area contributed by atoms with Crippen LogP contribution in [0.2, 0.25) is 0 Å². The van der Waals surface area contributed by atoms with Crippen LogP contribution in [0.15, 0.2) is 71.6 Å². The van der Waals surface area contributed by atoms with Crippen molar-refractivity contribution in [3.8, 4) is 11.5 Å². The summed E-state index contributed by atoms with van der Waals surface area (Å²) in [7, 11) is -3.87. The maximum absolute atomic E-state index is 13.0. The third-order valence-electron chi connectivity index (χ3n) is 4.94. The number of sulfonamides is 1. The Labute approximate surface area is 185 Å². The molecule has 1 unspecified atom stereocenters. The Hall–Kier alpha value is -3.59. The van der Waals surface area contributed by atoms with Gasteiger partial charge in [-0.15, -0.1) is 0 Å². The first-order valence-electron chi connectivity index (χ1n) is 9.91. The topological polar surface area (TPSA) is 93.7 Å². The second kappa shape index (κ2) is 8.88. The SMILES string of the molecule is CC(NC(=O)c1ccc(S(=O)(=O)Nc2ccc(F)cc2)cc1)c1ccc2c(c1)OCCO2. The number of carbonyl (C=O) groups is 1. The molecule has 0 spiro atoms. The minimum Gasteiger partial charge on any atom is -0.486 e. The van der Waals surface area contributed by atoms with Crippen molar-refractivity contribution in [3.05, 3.63) is 83.7 Å². The predicted octanol–water partition coefficient (Wildman–Crippen LogP) is 3.89. The Morgan fingerprint density at radius 3 is 2.28 bits per heavy atom. The molecular weight excluding hydrogens is 435 g/mol. The lowest BCUT2D eigenvalue weighted by Gasteiger charge is -2.21.